The molecule has 3 rings (SSSR count). The summed E-state index contributed by atoms with van der Waals surface area (Å²) in [5, 5.41) is 6.26. The lowest BCUT2D eigenvalue weighted by atomic mass is 10.1. The van der Waals surface area contributed by atoms with E-state index in [0.29, 0.717) is 5.56 Å². The highest BCUT2D eigenvalue weighted by molar-refractivity contribution is 5.94. The number of hydrogen-bond donors (Lipinski definition) is 2. The monoisotopic (exact) mass is 267 g/mol. The first kappa shape index (κ1) is 12.8. The van der Waals surface area contributed by atoms with Gasteiger partial charge in [0.1, 0.15) is 0 Å². The number of benzene rings is 1. The molecule has 1 atom stereocenters. The van der Waals surface area contributed by atoms with E-state index >= 15 is 0 Å². The topological polar surface area (TPSA) is 54.0 Å². The van der Waals surface area contributed by atoms with E-state index in [1.807, 2.05) is 43.3 Å². The second-order valence-corrected chi connectivity index (χ2v) is 5.04. The summed E-state index contributed by atoms with van der Waals surface area (Å²) in [6, 6.07) is 11.5. The van der Waals surface area contributed by atoms with Gasteiger partial charge in [0, 0.05) is 24.8 Å². The molecule has 1 aromatic heterocycles. The Kier molecular flexibility index (Phi) is 3.48. The third-order valence-corrected chi connectivity index (χ3v) is 3.58. The number of fused-ring (bicyclic) bond motifs is 1. The van der Waals surface area contributed by atoms with Crippen molar-refractivity contribution in [3.05, 3.63) is 65.0 Å². The Labute approximate surface area is 118 Å². The quantitative estimate of drug-likeness (QED) is 0.896. The fraction of sp³-hybridized carbons (Fsp3) is 0.250. The molecule has 0 radical (unpaired) electrons. The SMILES string of the molecule is C[C@H](NC(=O)c1ccc2c(c1)CNC2)c1ccccn1. The van der Waals surface area contributed by atoms with E-state index < -0.39 is 0 Å². The van der Waals surface area contributed by atoms with Crippen molar-refractivity contribution in [2.75, 3.05) is 0 Å². The van der Waals surface area contributed by atoms with Crippen LogP contribution in [0, 0.1) is 0 Å². The minimum atomic E-state index is -0.102. The van der Waals surface area contributed by atoms with Gasteiger partial charge >= 0.3 is 0 Å². The van der Waals surface area contributed by atoms with Crippen LogP contribution in [0.5, 0.6) is 0 Å². The number of nitrogens with one attached hydrogen (secondary N) is 2. The maximum atomic E-state index is 12.3. The van der Waals surface area contributed by atoms with E-state index in [-0.39, 0.29) is 11.9 Å². The number of pyridine rings is 1. The minimum absolute atomic E-state index is 0.0575. The molecule has 1 aromatic carbocycles. The maximum absolute atomic E-state index is 12.3. The fourth-order valence-electron chi connectivity index (χ4n) is 2.42. The van der Waals surface area contributed by atoms with Gasteiger partial charge in [0.25, 0.3) is 5.91 Å². The molecule has 0 spiro atoms. The summed E-state index contributed by atoms with van der Waals surface area (Å²) in [5.74, 6) is -0.0575. The van der Waals surface area contributed by atoms with Gasteiger partial charge in [-0.3, -0.25) is 9.78 Å². The lowest BCUT2D eigenvalue weighted by Crippen LogP contribution is -2.27. The molecule has 0 aliphatic carbocycles. The molecule has 20 heavy (non-hydrogen) atoms. The van der Waals surface area contributed by atoms with Crippen molar-refractivity contribution < 1.29 is 4.79 Å². The number of rotatable bonds is 3. The van der Waals surface area contributed by atoms with Gasteiger partial charge in [0.05, 0.1) is 11.7 Å². The molecule has 1 amide bonds. The minimum Gasteiger partial charge on any atom is -0.344 e. The highest BCUT2D eigenvalue weighted by Crippen LogP contribution is 2.18. The van der Waals surface area contributed by atoms with Crippen molar-refractivity contribution in [1.82, 2.24) is 15.6 Å². The highest BCUT2D eigenvalue weighted by Gasteiger charge is 2.15. The summed E-state index contributed by atoms with van der Waals surface area (Å²) in [7, 11) is 0. The summed E-state index contributed by atoms with van der Waals surface area (Å²) in [5.41, 5.74) is 4.06. The lowest BCUT2D eigenvalue weighted by molar-refractivity contribution is 0.0939. The van der Waals surface area contributed by atoms with Crippen LogP contribution in [0.25, 0.3) is 0 Å². The summed E-state index contributed by atoms with van der Waals surface area (Å²) in [6.45, 7) is 3.67. The molecule has 2 aromatic rings. The predicted molar refractivity (Wildman–Crippen MR) is 77.1 cm³/mol. The van der Waals surface area contributed by atoms with Gasteiger partial charge < -0.3 is 10.6 Å². The van der Waals surface area contributed by atoms with Crippen molar-refractivity contribution in [1.29, 1.82) is 0 Å². The number of aromatic nitrogens is 1. The molecule has 4 heteroatoms. The van der Waals surface area contributed by atoms with Crippen molar-refractivity contribution in [2.24, 2.45) is 0 Å². The number of carbonyl (C=O) groups is 1. The van der Waals surface area contributed by atoms with Gasteiger partial charge in [0.2, 0.25) is 0 Å². The largest absolute Gasteiger partial charge is 0.344 e. The predicted octanol–water partition coefficient (Wildman–Crippen LogP) is 2.18. The molecule has 0 saturated heterocycles. The van der Waals surface area contributed by atoms with Gasteiger partial charge in [-0.1, -0.05) is 12.1 Å². The Bertz CT molecular complexity index is 625. The molecule has 1 aliphatic heterocycles. The second-order valence-electron chi connectivity index (χ2n) is 5.04. The molecule has 2 heterocycles. The summed E-state index contributed by atoms with van der Waals surface area (Å²) in [6.07, 6.45) is 1.74. The normalized spacial score (nSPS) is 14.7. The fourth-order valence-corrected chi connectivity index (χ4v) is 2.42. The van der Waals surface area contributed by atoms with Crippen molar-refractivity contribution in [3.8, 4) is 0 Å². The Morgan fingerprint density at radius 1 is 1.25 bits per heavy atom. The third kappa shape index (κ3) is 2.56. The van der Waals surface area contributed by atoms with Crippen molar-refractivity contribution in [3.63, 3.8) is 0 Å². The number of carbonyl (C=O) groups excluding carboxylic acids is 1. The Morgan fingerprint density at radius 2 is 2.10 bits per heavy atom. The van der Waals surface area contributed by atoms with Crippen LogP contribution in [0.1, 0.15) is 40.1 Å². The molecule has 1 aliphatic rings. The van der Waals surface area contributed by atoms with Gasteiger partial charge in [-0.15, -0.1) is 0 Å². The van der Waals surface area contributed by atoms with Crippen LogP contribution in [0.4, 0.5) is 0 Å². The maximum Gasteiger partial charge on any atom is 0.251 e. The van der Waals surface area contributed by atoms with E-state index in [1.54, 1.807) is 6.20 Å². The van der Waals surface area contributed by atoms with E-state index in [2.05, 4.69) is 15.6 Å². The molecule has 0 bridgehead atoms. The second kappa shape index (κ2) is 5.43. The molecule has 0 saturated carbocycles. The van der Waals surface area contributed by atoms with E-state index in [4.69, 9.17) is 0 Å². The molecule has 2 N–H and O–H groups in total. The Balaban J connectivity index is 1.73. The first-order chi connectivity index (χ1) is 9.74. The number of hydrogen-bond acceptors (Lipinski definition) is 3. The van der Waals surface area contributed by atoms with Crippen LogP contribution in [0.2, 0.25) is 0 Å². The van der Waals surface area contributed by atoms with Crippen LogP contribution in [0.3, 0.4) is 0 Å². The van der Waals surface area contributed by atoms with Gasteiger partial charge in [-0.25, -0.2) is 0 Å². The first-order valence-electron chi connectivity index (χ1n) is 6.78. The van der Waals surface area contributed by atoms with Gasteiger partial charge in [-0.2, -0.15) is 0 Å². The van der Waals surface area contributed by atoms with Crippen LogP contribution in [-0.4, -0.2) is 10.9 Å². The number of amides is 1. The third-order valence-electron chi connectivity index (χ3n) is 3.58. The molecule has 0 unspecified atom stereocenters. The highest BCUT2D eigenvalue weighted by atomic mass is 16.1. The number of nitrogens with zero attached hydrogens (tertiary/aromatic N) is 1. The van der Waals surface area contributed by atoms with Crippen LogP contribution in [0.15, 0.2) is 42.6 Å². The Hall–Kier alpha value is -2.20. The summed E-state index contributed by atoms with van der Waals surface area (Å²) < 4.78 is 0. The van der Waals surface area contributed by atoms with E-state index in [9.17, 15) is 4.79 Å². The molecular formula is C16H17N3O. The van der Waals surface area contributed by atoms with E-state index in [1.165, 1.54) is 11.1 Å². The lowest BCUT2D eigenvalue weighted by Gasteiger charge is -2.13. The zero-order valence-corrected chi connectivity index (χ0v) is 11.4. The summed E-state index contributed by atoms with van der Waals surface area (Å²) in [4.78, 5) is 16.5. The average Bonchev–Trinajstić information content (AvgIpc) is 2.95. The first-order valence-corrected chi connectivity index (χ1v) is 6.78. The molecular weight excluding hydrogens is 250 g/mol. The van der Waals surface area contributed by atoms with E-state index in [0.717, 1.165) is 18.8 Å². The van der Waals surface area contributed by atoms with Crippen molar-refractivity contribution >= 4 is 5.91 Å². The van der Waals surface area contributed by atoms with Crippen LogP contribution < -0.4 is 10.6 Å². The summed E-state index contributed by atoms with van der Waals surface area (Å²) >= 11 is 0. The molecule has 102 valence electrons. The van der Waals surface area contributed by atoms with Crippen molar-refractivity contribution in [2.45, 2.75) is 26.1 Å². The van der Waals surface area contributed by atoms with Gasteiger partial charge in [-0.05, 0) is 42.3 Å². The van der Waals surface area contributed by atoms with Crippen LogP contribution in [-0.2, 0) is 13.1 Å². The smallest absolute Gasteiger partial charge is 0.251 e. The van der Waals surface area contributed by atoms with Gasteiger partial charge in [0.15, 0.2) is 0 Å². The zero-order valence-electron chi connectivity index (χ0n) is 11.4. The van der Waals surface area contributed by atoms with Crippen LogP contribution >= 0.6 is 0 Å². The average molecular weight is 267 g/mol. The Morgan fingerprint density at radius 3 is 2.90 bits per heavy atom. The standard InChI is InChI=1S/C16H17N3O/c1-11(15-4-2-3-7-18-15)19-16(20)12-5-6-13-9-17-10-14(13)8-12/h2-8,11,17H,9-10H2,1H3,(H,19,20)/t11-/m0/s1. The zero-order chi connectivity index (χ0) is 13.9. The molecule has 4 nitrogen and oxygen atoms in total. The molecule has 0 fully saturated rings.